The molecule has 1 fully saturated rings. The van der Waals surface area contributed by atoms with Crippen LogP contribution in [-0.4, -0.2) is 23.0 Å². The molecule has 0 heterocycles. The van der Waals surface area contributed by atoms with E-state index >= 15 is 0 Å². The molecular formula is C14H24N2OS. The summed E-state index contributed by atoms with van der Waals surface area (Å²) in [6.07, 6.45) is 4.59. The Balaban J connectivity index is 2.66. The monoisotopic (exact) mass is 268 g/mol. The van der Waals surface area contributed by atoms with E-state index in [-0.39, 0.29) is 11.9 Å². The van der Waals surface area contributed by atoms with E-state index in [0.29, 0.717) is 18.1 Å². The van der Waals surface area contributed by atoms with Crippen LogP contribution in [0.25, 0.3) is 0 Å². The fourth-order valence-electron chi connectivity index (χ4n) is 2.59. The number of carbonyl (C=O) groups is 1. The maximum atomic E-state index is 12.3. The predicted octanol–water partition coefficient (Wildman–Crippen LogP) is 3.11. The maximum Gasteiger partial charge on any atom is 0.240 e. The highest BCUT2D eigenvalue weighted by atomic mass is 32.2. The van der Waals surface area contributed by atoms with E-state index in [9.17, 15) is 10.1 Å². The third-order valence-corrected chi connectivity index (χ3v) is 5.33. The average molecular weight is 268 g/mol. The van der Waals surface area contributed by atoms with Crippen molar-refractivity contribution in [1.29, 1.82) is 5.26 Å². The molecule has 2 atom stereocenters. The minimum atomic E-state index is -0.829. The van der Waals surface area contributed by atoms with Crippen LogP contribution in [0.15, 0.2) is 0 Å². The number of rotatable bonds is 6. The van der Waals surface area contributed by atoms with E-state index < -0.39 is 5.41 Å². The minimum absolute atomic E-state index is 0.0661. The fraction of sp³-hybridized carbons (Fsp3) is 0.857. The second kappa shape index (κ2) is 7.04. The Morgan fingerprint density at radius 2 is 2.06 bits per heavy atom. The van der Waals surface area contributed by atoms with Gasteiger partial charge in [0.1, 0.15) is 5.41 Å². The first-order chi connectivity index (χ1) is 8.63. The lowest BCUT2D eigenvalue weighted by molar-refractivity contribution is -0.129. The Hall–Kier alpha value is -0.690. The molecular weight excluding hydrogens is 244 g/mol. The number of thioether (sulfide) groups is 1. The van der Waals surface area contributed by atoms with Crippen molar-refractivity contribution in [1.82, 2.24) is 5.32 Å². The Morgan fingerprint density at radius 3 is 2.56 bits per heavy atom. The second-order valence-electron chi connectivity index (χ2n) is 4.91. The molecule has 0 aromatic rings. The van der Waals surface area contributed by atoms with Crippen molar-refractivity contribution in [3.8, 4) is 6.07 Å². The Kier molecular flexibility index (Phi) is 6.01. The molecule has 3 nitrogen and oxygen atoms in total. The molecule has 1 aliphatic rings. The van der Waals surface area contributed by atoms with Gasteiger partial charge < -0.3 is 5.32 Å². The van der Waals surface area contributed by atoms with Crippen LogP contribution in [0.2, 0.25) is 0 Å². The molecule has 0 aliphatic heterocycles. The Labute approximate surface area is 115 Å². The summed E-state index contributed by atoms with van der Waals surface area (Å²) in [5.74, 6) is 1.02. The first kappa shape index (κ1) is 15.4. The minimum Gasteiger partial charge on any atom is -0.351 e. The van der Waals surface area contributed by atoms with Gasteiger partial charge in [-0.3, -0.25) is 4.79 Å². The lowest BCUT2D eigenvalue weighted by Gasteiger charge is -2.27. The summed E-state index contributed by atoms with van der Waals surface area (Å²) in [4.78, 5) is 12.3. The molecule has 1 aliphatic carbocycles. The van der Waals surface area contributed by atoms with Crippen LogP contribution in [0.1, 0.15) is 52.9 Å². The molecule has 1 saturated carbocycles. The normalized spacial score (nSPS) is 23.7. The Bertz CT molecular complexity index is 320. The van der Waals surface area contributed by atoms with Crippen molar-refractivity contribution in [3.05, 3.63) is 0 Å². The molecule has 0 saturated heterocycles. The van der Waals surface area contributed by atoms with Gasteiger partial charge in [0.15, 0.2) is 0 Å². The molecule has 102 valence electrons. The zero-order chi connectivity index (χ0) is 13.6. The van der Waals surface area contributed by atoms with Crippen LogP contribution < -0.4 is 5.32 Å². The van der Waals surface area contributed by atoms with E-state index in [1.807, 2.05) is 25.6 Å². The number of nitriles is 1. The first-order valence-corrected chi connectivity index (χ1v) is 8.02. The van der Waals surface area contributed by atoms with Gasteiger partial charge >= 0.3 is 0 Å². The number of hydrogen-bond acceptors (Lipinski definition) is 3. The van der Waals surface area contributed by atoms with Gasteiger partial charge in [0, 0.05) is 11.3 Å². The van der Waals surface area contributed by atoms with Gasteiger partial charge in [-0.2, -0.15) is 17.0 Å². The van der Waals surface area contributed by atoms with Crippen LogP contribution in [-0.2, 0) is 4.79 Å². The molecule has 0 radical (unpaired) electrons. The van der Waals surface area contributed by atoms with Gasteiger partial charge in [-0.1, -0.05) is 27.2 Å². The number of carbonyl (C=O) groups excluding carboxylic acids is 1. The molecule has 18 heavy (non-hydrogen) atoms. The molecule has 0 aromatic heterocycles. The standard InChI is InChI=1S/C14H24N2OS/c1-4-14(5-2,10-15)13(17)16-11-8-7-9-12(11)18-6-3/h11-12H,4-9H2,1-3H3,(H,16,17). The van der Waals surface area contributed by atoms with Gasteiger partial charge in [0.2, 0.25) is 5.91 Å². The van der Waals surface area contributed by atoms with Crippen molar-refractivity contribution in [2.24, 2.45) is 5.41 Å². The first-order valence-electron chi connectivity index (χ1n) is 6.97. The van der Waals surface area contributed by atoms with Crippen LogP contribution in [0.5, 0.6) is 0 Å². The molecule has 1 N–H and O–H groups in total. The fourth-order valence-corrected chi connectivity index (χ4v) is 3.79. The predicted molar refractivity (Wildman–Crippen MR) is 76.3 cm³/mol. The van der Waals surface area contributed by atoms with Crippen molar-refractivity contribution < 1.29 is 4.79 Å². The van der Waals surface area contributed by atoms with E-state index in [0.717, 1.165) is 12.2 Å². The molecule has 2 unspecified atom stereocenters. The van der Waals surface area contributed by atoms with Crippen molar-refractivity contribution in [2.75, 3.05) is 5.75 Å². The summed E-state index contributed by atoms with van der Waals surface area (Å²) < 4.78 is 0. The van der Waals surface area contributed by atoms with Gasteiger partial charge in [0.05, 0.1) is 6.07 Å². The summed E-state index contributed by atoms with van der Waals surface area (Å²) >= 11 is 1.92. The van der Waals surface area contributed by atoms with Crippen molar-refractivity contribution in [3.63, 3.8) is 0 Å². The van der Waals surface area contributed by atoms with E-state index in [1.54, 1.807) is 0 Å². The van der Waals surface area contributed by atoms with Gasteiger partial charge in [0.25, 0.3) is 0 Å². The van der Waals surface area contributed by atoms with Crippen LogP contribution in [0.4, 0.5) is 0 Å². The highest BCUT2D eigenvalue weighted by Gasteiger charge is 2.38. The van der Waals surface area contributed by atoms with Crippen LogP contribution >= 0.6 is 11.8 Å². The summed E-state index contributed by atoms with van der Waals surface area (Å²) in [5, 5.41) is 12.9. The number of nitrogens with one attached hydrogen (secondary N) is 1. The van der Waals surface area contributed by atoms with Gasteiger partial charge in [-0.25, -0.2) is 0 Å². The Morgan fingerprint density at radius 1 is 1.39 bits per heavy atom. The molecule has 1 amide bonds. The molecule has 4 heteroatoms. The number of amides is 1. The highest BCUT2D eigenvalue weighted by molar-refractivity contribution is 7.99. The zero-order valence-electron chi connectivity index (χ0n) is 11.7. The smallest absolute Gasteiger partial charge is 0.240 e. The lowest BCUT2D eigenvalue weighted by atomic mass is 9.83. The zero-order valence-corrected chi connectivity index (χ0v) is 12.5. The van der Waals surface area contributed by atoms with E-state index in [1.165, 1.54) is 12.8 Å². The summed E-state index contributed by atoms with van der Waals surface area (Å²) in [6, 6.07) is 2.47. The maximum absolute atomic E-state index is 12.3. The van der Waals surface area contributed by atoms with Gasteiger partial charge in [-0.05, 0) is 31.4 Å². The van der Waals surface area contributed by atoms with Gasteiger partial charge in [-0.15, -0.1) is 0 Å². The lowest BCUT2D eigenvalue weighted by Crippen LogP contribution is -2.46. The van der Waals surface area contributed by atoms with Crippen molar-refractivity contribution >= 4 is 17.7 Å². The molecule has 0 bridgehead atoms. The topological polar surface area (TPSA) is 52.9 Å². The third kappa shape index (κ3) is 3.20. The highest BCUT2D eigenvalue weighted by Crippen LogP contribution is 2.32. The second-order valence-corrected chi connectivity index (χ2v) is 6.42. The SMILES string of the molecule is CCSC1CCCC1NC(=O)C(C#N)(CC)CC. The van der Waals surface area contributed by atoms with E-state index in [4.69, 9.17) is 0 Å². The largest absolute Gasteiger partial charge is 0.351 e. The van der Waals surface area contributed by atoms with Crippen molar-refractivity contribution in [2.45, 2.75) is 64.2 Å². The third-order valence-electron chi connectivity index (χ3n) is 4.01. The van der Waals surface area contributed by atoms with E-state index in [2.05, 4.69) is 18.3 Å². The molecule has 1 rings (SSSR count). The molecule has 0 spiro atoms. The quantitative estimate of drug-likeness (QED) is 0.805. The number of nitrogens with zero attached hydrogens (tertiary/aromatic N) is 1. The summed E-state index contributed by atoms with van der Waals surface area (Å²) in [7, 11) is 0. The van der Waals surface area contributed by atoms with Crippen LogP contribution in [0, 0.1) is 16.7 Å². The van der Waals surface area contributed by atoms with Crippen LogP contribution in [0.3, 0.4) is 0 Å². The average Bonchev–Trinajstić information content (AvgIpc) is 2.80. The summed E-state index contributed by atoms with van der Waals surface area (Å²) in [5.41, 5.74) is -0.829. The number of hydrogen-bond donors (Lipinski definition) is 1. The molecule has 0 aromatic carbocycles. The summed E-state index contributed by atoms with van der Waals surface area (Å²) in [6.45, 7) is 5.98.